The van der Waals surface area contributed by atoms with Gasteiger partial charge >= 0.3 is 0 Å². The first kappa shape index (κ1) is 15.3. The lowest BCUT2D eigenvalue weighted by Crippen LogP contribution is -2.59. The molecule has 2 unspecified atom stereocenters. The van der Waals surface area contributed by atoms with Gasteiger partial charge in [0.05, 0.1) is 18.2 Å². The molecule has 1 aliphatic carbocycles. The Balaban J connectivity index is 0.000000452. The minimum absolute atomic E-state index is 0.0468. The van der Waals surface area contributed by atoms with Crippen molar-refractivity contribution in [3.05, 3.63) is 34.9 Å². The molecular formula is C15H20ClNO3. The van der Waals surface area contributed by atoms with E-state index in [1.54, 1.807) is 0 Å². The van der Waals surface area contributed by atoms with E-state index in [9.17, 15) is 0 Å². The summed E-state index contributed by atoms with van der Waals surface area (Å²) in [6, 6.07) is 8.18. The highest BCUT2D eigenvalue weighted by Gasteiger charge is 2.45. The molecule has 20 heavy (non-hydrogen) atoms. The quantitative estimate of drug-likeness (QED) is 0.783. The zero-order chi connectivity index (χ0) is 14.4. The Hall–Kier alpha value is -1.10. The first-order chi connectivity index (χ1) is 9.74. The highest BCUT2D eigenvalue weighted by Crippen LogP contribution is 2.42. The number of fused-ring (bicyclic) bond motifs is 1. The molecule has 1 aromatic carbocycles. The van der Waals surface area contributed by atoms with Crippen molar-refractivity contribution in [1.82, 2.24) is 5.32 Å². The van der Waals surface area contributed by atoms with Crippen LogP contribution in [0.15, 0.2) is 24.3 Å². The molecule has 1 heterocycles. The number of benzene rings is 1. The number of rotatable bonds is 1. The average molecular weight is 298 g/mol. The highest BCUT2D eigenvalue weighted by molar-refractivity contribution is 6.31. The van der Waals surface area contributed by atoms with Gasteiger partial charge in [-0.2, -0.15) is 0 Å². The van der Waals surface area contributed by atoms with Crippen molar-refractivity contribution < 1.29 is 14.6 Å². The number of carboxylic acid groups (broad SMARTS) is 1. The average Bonchev–Trinajstić information content (AvgIpc) is 2.48. The van der Waals surface area contributed by atoms with E-state index in [0.717, 1.165) is 31.0 Å². The van der Waals surface area contributed by atoms with Gasteiger partial charge < -0.3 is 15.2 Å². The fourth-order valence-corrected chi connectivity index (χ4v) is 3.57. The number of halogens is 1. The van der Waals surface area contributed by atoms with Crippen molar-refractivity contribution in [2.24, 2.45) is 0 Å². The van der Waals surface area contributed by atoms with Gasteiger partial charge in [0.15, 0.2) is 0 Å². The van der Waals surface area contributed by atoms with Crippen LogP contribution in [-0.4, -0.2) is 30.8 Å². The largest absolute Gasteiger partial charge is 0.483 e. The SMILES string of the molecule is Clc1ccccc1C12CCCCC1OCCN2.O=CO. The molecule has 1 saturated heterocycles. The summed E-state index contributed by atoms with van der Waals surface area (Å²) in [5.74, 6) is 0. The minimum Gasteiger partial charge on any atom is -0.483 e. The maximum absolute atomic E-state index is 8.36. The van der Waals surface area contributed by atoms with Crippen LogP contribution in [0.5, 0.6) is 0 Å². The van der Waals surface area contributed by atoms with Gasteiger partial charge in [0.25, 0.3) is 6.47 Å². The Morgan fingerprint density at radius 1 is 1.40 bits per heavy atom. The van der Waals surface area contributed by atoms with Crippen LogP contribution in [0.4, 0.5) is 0 Å². The van der Waals surface area contributed by atoms with Gasteiger partial charge in [-0.05, 0) is 24.5 Å². The molecule has 4 nitrogen and oxygen atoms in total. The Kier molecular flexibility index (Phi) is 5.40. The van der Waals surface area contributed by atoms with Crippen molar-refractivity contribution in [1.29, 1.82) is 0 Å². The smallest absolute Gasteiger partial charge is 0.290 e. The first-order valence-electron chi connectivity index (χ1n) is 6.94. The lowest BCUT2D eigenvalue weighted by atomic mass is 9.73. The van der Waals surface area contributed by atoms with E-state index in [-0.39, 0.29) is 18.1 Å². The summed E-state index contributed by atoms with van der Waals surface area (Å²) >= 11 is 6.38. The van der Waals surface area contributed by atoms with Gasteiger partial charge in [-0.3, -0.25) is 4.79 Å². The Labute approximate surface area is 124 Å². The van der Waals surface area contributed by atoms with Crippen molar-refractivity contribution >= 4 is 18.1 Å². The molecule has 2 N–H and O–H groups in total. The lowest BCUT2D eigenvalue weighted by Gasteiger charge is -2.48. The highest BCUT2D eigenvalue weighted by atomic mass is 35.5. The summed E-state index contributed by atoms with van der Waals surface area (Å²) < 4.78 is 5.97. The molecule has 0 radical (unpaired) electrons. The molecule has 110 valence electrons. The number of nitrogens with one attached hydrogen (secondary N) is 1. The van der Waals surface area contributed by atoms with Crippen LogP contribution in [0.3, 0.4) is 0 Å². The number of ether oxygens (including phenoxy) is 1. The summed E-state index contributed by atoms with van der Waals surface area (Å²) in [7, 11) is 0. The molecule has 0 bridgehead atoms. The second-order valence-corrected chi connectivity index (χ2v) is 5.50. The predicted molar refractivity (Wildman–Crippen MR) is 78.0 cm³/mol. The normalized spacial score (nSPS) is 28.8. The van der Waals surface area contributed by atoms with Crippen molar-refractivity contribution in [3.8, 4) is 0 Å². The van der Waals surface area contributed by atoms with Crippen LogP contribution in [0, 0.1) is 0 Å². The predicted octanol–water partition coefficient (Wildman–Crippen LogP) is 2.80. The monoisotopic (exact) mass is 297 g/mol. The van der Waals surface area contributed by atoms with E-state index in [1.807, 2.05) is 12.1 Å². The second-order valence-electron chi connectivity index (χ2n) is 5.09. The van der Waals surface area contributed by atoms with Gasteiger partial charge in [0.1, 0.15) is 0 Å². The molecule has 1 aliphatic heterocycles. The Morgan fingerprint density at radius 2 is 2.15 bits per heavy atom. The van der Waals surface area contributed by atoms with Crippen molar-refractivity contribution in [2.45, 2.75) is 37.3 Å². The maximum Gasteiger partial charge on any atom is 0.290 e. The van der Waals surface area contributed by atoms with E-state index in [1.165, 1.54) is 18.4 Å². The maximum atomic E-state index is 8.36. The van der Waals surface area contributed by atoms with Crippen molar-refractivity contribution in [2.75, 3.05) is 13.2 Å². The van der Waals surface area contributed by atoms with E-state index in [2.05, 4.69) is 17.4 Å². The molecule has 0 spiro atoms. The molecule has 2 fully saturated rings. The van der Waals surface area contributed by atoms with Crippen LogP contribution in [0.25, 0.3) is 0 Å². The summed E-state index contributed by atoms with van der Waals surface area (Å²) in [5, 5.41) is 11.4. The number of hydrogen-bond acceptors (Lipinski definition) is 3. The number of carbonyl (C=O) groups is 1. The van der Waals surface area contributed by atoms with Gasteiger partial charge in [-0.25, -0.2) is 0 Å². The molecule has 0 aromatic heterocycles. The minimum atomic E-state index is -0.250. The lowest BCUT2D eigenvalue weighted by molar-refractivity contribution is -0.122. The van der Waals surface area contributed by atoms with Crippen LogP contribution in [-0.2, 0) is 15.1 Å². The third-order valence-electron chi connectivity index (χ3n) is 4.05. The summed E-state index contributed by atoms with van der Waals surface area (Å²) in [6.45, 7) is 1.48. The van der Waals surface area contributed by atoms with Crippen molar-refractivity contribution in [3.63, 3.8) is 0 Å². The van der Waals surface area contributed by atoms with E-state index in [4.69, 9.17) is 26.2 Å². The van der Waals surface area contributed by atoms with Crippen LogP contribution >= 0.6 is 11.6 Å². The van der Waals surface area contributed by atoms with Crippen LogP contribution < -0.4 is 5.32 Å². The fourth-order valence-electron chi connectivity index (χ4n) is 3.27. The zero-order valence-electron chi connectivity index (χ0n) is 11.3. The van der Waals surface area contributed by atoms with Gasteiger partial charge in [0.2, 0.25) is 0 Å². The van der Waals surface area contributed by atoms with Gasteiger partial charge in [-0.15, -0.1) is 0 Å². The third kappa shape index (κ3) is 2.97. The third-order valence-corrected chi connectivity index (χ3v) is 4.38. The Morgan fingerprint density at radius 3 is 2.90 bits per heavy atom. The molecule has 2 aliphatic rings. The topological polar surface area (TPSA) is 58.6 Å². The molecule has 3 rings (SSSR count). The van der Waals surface area contributed by atoms with Crippen LogP contribution in [0.2, 0.25) is 5.02 Å². The van der Waals surface area contributed by atoms with E-state index < -0.39 is 0 Å². The van der Waals surface area contributed by atoms with E-state index >= 15 is 0 Å². The Bertz CT molecular complexity index is 440. The van der Waals surface area contributed by atoms with E-state index in [0.29, 0.717) is 0 Å². The molecule has 5 heteroatoms. The molecular weight excluding hydrogens is 278 g/mol. The molecule has 2 atom stereocenters. The second kappa shape index (κ2) is 7.07. The first-order valence-corrected chi connectivity index (χ1v) is 7.32. The zero-order valence-corrected chi connectivity index (χ0v) is 12.1. The standard InChI is InChI=1S/C14H18ClNO.CH2O2/c15-12-6-2-1-5-11(12)14-8-4-3-7-13(14)17-10-9-16-14;2-1-3/h1-2,5-6,13,16H,3-4,7-10H2;1H,(H,2,3). The fraction of sp³-hybridized carbons (Fsp3) is 0.533. The summed E-state index contributed by atoms with van der Waals surface area (Å²) in [5.41, 5.74) is 1.17. The van der Waals surface area contributed by atoms with Gasteiger partial charge in [-0.1, -0.05) is 42.6 Å². The summed E-state index contributed by atoms with van der Waals surface area (Å²) in [4.78, 5) is 8.36. The van der Waals surface area contributed by atoms with Crippen LogP contribution in [0.1, 0.15) is 31.2 Å². The molecule has 1 saturated carbocycles. The molecule has 1 aromatic rings. The number of morpholine rings is 1. The molecule has 0 amide bonds. The summed E-state index contributed by atoms with van der Waals surface area (Å²) in [6.07, 6.45) is 5.06. The number of hydrogen-bond donors (Lipinski definition) is 2. The van der Waals surface area contributed by atoms with Gasteiger partial charge in [0, 0.05) is 11.6 Å².